The molecule has 1 atom stereocenters. The van der Waals surface area contributed by atoms with Gasteiger partial charge in [-0.15, -0.1) is 0 Å². The van der Waals surface area contributed by atoms with Gasteiger partial charge >= 0.3 is 0 Å². The monoisotopic (exact) mass is 433 g/mol. The van der Waals surface area contributed by atoms with E-state index in [1.54, 1.807) is 12.1 Å². The minimum Gasteiger partial charge on any atom is -0.348 e. The quantitative estimate of drug-likeness (QED) is 0.729. The summed E-state index contributed by atoms with van der Waals surface area (Å²) in [6.07, 6.45) is 7.34. The lowest BCUT2D eigenvalue weighted by Crippen LogP contribution is -2.49. The van der Waals surface area contributed by atoms with Crippen LogP contribution in [0.15, 0.2) is 18.2 Å². The zero-order chi connectivity index (χ0) is 21.5. The Bertz CT molecular complexity index is 984. The predicted molar refractivity (Wildman–Crippen MR) is 111 cm³/mol. The number of sulfonamides is 1. The van der Waals surface area contributed by atoms with Crippen molar-refractivity contribution in [1.29, 1.82) is 0 Å². The van der Waals surface area contributed by atoms with Gasteiger partial charge in [0.25, 0.3) is 17.7 Å². The zero-order valence-electron chi connectivity index (χ0n) is 17.1. The third-order valence-electron chi connectivity index (χ3n) is 6.31. The Morgan fingerprint density at radius 2 is 1.70 bits per heavy atom. The number of carbonyl (C=O) groups is 3. The number of nitrogens with zero attached hydrogens (tertiary/aromatic N) is 2. The van der Waals surface area contributed by atoms with Crippen molar-refractivity contribution in [2.75, 3.05) is 19.3 Å². The molecule has 2 aliphatic heterocycles. The lowest BCUT2D eigenvalue weighted by atomic mass is 9.94. The summed E-state index contributed by atoms with van der Waals surface area (Å²) in [4.78, 5) is 39.8. The molecule has 9 heteroatoms. The Morgan fingerprint density at radius 1 is 1.00 bits per heavy atom. The molecule has 0 spiro atoms. The van der Waals surface area contributed by atoms with E-state index in [1.807, 2.05) is 0 Å². The van der Waals surface area contributed by atoms with Crippen molar-refractivity contribution in [2.45, 2.75) is 57.0 Å². The predicted octanol–water partition coefficient (Wildman–Crippen LogP) is 1.77. The van der Waals surface area contributed by atoms with E-state index >= 15 is 0 Å². The van der Waals surface area contributed by atoms with Crippen LogP contribution in [0, 0.1) is 0 Å². The molecule has 1 aliphatic carbocycles. The maximum absolute atomic E-state index is 12.9. The standard InChI is InChI=1S/C21H27N3O5S/c1-30(28,29)23-11-5-6-15(13-23)22-19(25)14-9-10-17-18(12-14)21(27)24(20(17)26)16-7-3-2-4-8-16/h9-10,12,15-16H,2-8,11,13H2,1H3,(H,22,25). The van der Waals surface area contributed by atoms with Crippen molar-refractivity contribution in [3.8, 4) is 0 Å². The molecule has 3 aliphatic rings. The van der Waals surface area contributed by atoms with Crippen molar-refractivity contribution in [2.24, 2.45) is 0 Å². The lowest BCUT2D eigenvalue weighted by molar-refractivity contribution is 0.0548. The Kier molecular flexibility index (Phi) is 5.67. The molecule has 4 rings (SSSR count). The maximum Gasteiger partial charge on any atom is 0.261 e. The molecule has 8 nitrogen and oxygen atoms in total. The van der Waals surface area contributed by atoms with Gasteiger partial charge in [-0.2, -0.15) is 0 Å². The van der Waals surface area contributed by atoms with Crippen LogP contribution in [0.4, 0.5) is 0 Å². The Morgan fingerprint density at radius 3 is 2.40 bits per heavy atom. The highest BCUT2D eigenvalue weighted by Crippen LogP contribution is 2.31. The van der Waals surface area contributed by atoms with Gasteiger partial charge in [-0.25, -0.2) is 12.7 Å². The summed E-state index contributed by atoms with van der Waals surface area (Å²) in [5, 5.41) is 2.87. The average molecular weight is 434 g/mol. The molecule has 1 aromatic carbocycles. The van der Waals surface area contributed by atoms with E-state index in [-0.39, 0.29) is 41.9 Å². The van der Waals surface area contributed by atoms with Crippen molar-refractivity contribution >= 4 is 27.7 Å². The van der Waals surface area contributed by atoms with E-state index in [0.29, 0.717) is 30.5 Å². The molecule has 2 heterocycles. The topological polar surface area (TPSA) is 104 Å². The summed E-state index contributed by atoms with van der Waals surface area (Å²) in [6.45, 7) is 0.694. The van der Waals surface area contributed by atoms with E-state index in [2.05, 4.69) is 5.32 Å². The van der Waals surface area contributed by atoms with Gasteiger partial charge in [0.1, 0.15) is 0 Å². The molecule has 3 amide bonds. The molecule has 1 saturated heterocycles. The van der Waals surface area contributed by atoms with Crippen LogP contribution in [0.25, 0.3) is 0 Å². The number of hydrogen-bond donors (Lipinski definition) is 1. The van der Waals surface area contributed by atoms with Gasteiger partial charge in [0.05, 0.1) is 17.4 Å². The summed E-state index contributed by atoms with van der Waals surface area (Å²) in [5.74, 6) is -0.961. The van der Waals surface area contributed by atoms with E-state index in [4.69, 9.17) is 0 Å². The fraction of sp³-hybridized carbons (Fsp3) is 0.571. The first-order valence-electron chi connectivity index (χ1n) is 10.5. The number of hydrogen-bond acceptors (Lipinski definition) is 5. The van der Waals surface area contributed by atoms with Gasteiger partial charge in [-0.1, -0.05) is 19.3 Å². The van der Waals surface area contributed by atoms with Gasteiger partial charge in [0, 0.05) is 30.7 Å². The molecule has 1 saturated carbocycles. The smallest absolute Gasteiger partial charge is 0.261 e. The van der Waals surface area contributed by atoms with Gasteiger partial charge < -0.3 is 5.32 Å². The SMILES string of the molecule is CS(=O)(=O)N1CCCC(NC(=O)c2ccc3c(c2)C(=O)N(C2CCCCC2)C3=O)C1. The third kappa shape index (κ3) is 4.00. The highest BCUT2D eigenvalue weighted by atomic mass is 32.2. The lowest BCUT2D eigenvalue weighted by Gasteiger charge is -2.31. The molecular weight excluding hydrogens is 406 g/mol. The largest absolute Gasteiger partial charge is 0.348 e. The van der Waals surface area contributed by atoms with Crippen LogP contribution in [0.2, 0.25) is 0 Å². The fourth-order valence-electron chi connectivity index (χ4n) is 4.70. The zero-order valence-corrected chi connectivity index (χ0v) is 17.9. The summed E-state index contributed by atoms with van der Waals surface area (Å²) in [7, 11) is -3.30. The molecule has 0 bridgehead atoms. The first kappa shape index (κ1) is 21.0. The second-order valence-electron chi connectivity index (χ2n) is 8.47. The van der Waals surface area contributed by atoms with Crippen LogP contribution in [0.3, 0.4) is 0 Å². The second-order valence-corrected chi connectivity index (χ2v) is 10.4. The Labute approximate surface area is 176 Å². The highest BCUT2D eigenvalue weighted by Gasteiger charge is 2.40. The van der Waals surface area contributed by atoms with Crippen LogP contribution in [0.1, 0.15) is 76.0 Å². The molecule has 1 N–H and O–H groups in total. The number of benzene rings is 1. The minimum atomic E-state index is -3.30. The van der Waals surface area contributed by atoms with E-state index in [0.717, 1.165) is 32.1 Å². The van der Waals surface area contributed by atoms with E-state index in [1.165, 1.54) is 21.5 Å². The van der Waals surface area contributed by atoms with E-state index < -0.39 is 10.0 Å². The molecule has 1 aromatic rings. The molecule has 0 radical (unpaired) electrons. The van der Waals surface area contributed by atoms with Crippen LogP contribution >= 0.6 is 0 Å². The first-order chi connectivity index (χ1) is 14.3. The highest BCUT2D eigenvalue weighted by molar-refractivity contribution is 7.88. The minimum absolute atomic E-state index is 0.0624. The van der Waals surface area contributed by atoms with Gasteiger partial charge in [-0.3, -0.25) is 19.3 Å². The van der Waals surface area contributed by atoms with Gasteiger partial charge in [0.15, 0.2) is 0 Å². The number of rotatable bonds is 4. The van der Waals surface area contributed by atoms with Crippen molar-refractivity contribution in [1.82, 2.24) is 14.5 Å². The molecule has 0 aromatic heterocycles. The number of imide groups is 1. The average Bonchev–Trinajstić information content (AvgIpc) is 2.98. The number of carbonyl (C=O) groups excluding carboxylic acids is 3. The van der Waals surface area contributed by atoms with Crippen LogP contribution in [-0.4, -0.2) is 66.8 Å². The first-order valence-corrected chi connectivity index (χ1v) is 12.4. The van der Waals surface area contributed by atoms with Gasteiger partial charge in [-0.05, 0) is 43.9 Å². The number of piperidine rings is 1. The Balaban J connectivity index is 1.48. The van der Waals surface area contributed by atoms with Crippen LogP contribution < -0.4 is 5.32 Å². The normalized spacial score (nSPS) is 23.5. The summed E-state index contributed by atoms with van der Waals surface area (Å²) < 4.78 is 24.9. The fourth-order valence-corrected chi connectivity index (χ4v) is 5.61. The summed E-state index contributed by atoms with van der Waals surface area (Å²) >= 11 is 0. The molecule has 162 valence electrons. The van der Waals surface area contributed by atoms with Gasteiger partial charge in [0.2, 0.25) is 10.0 Å². The molecule has 30 heavy (non-hydrogen) atoms. The number of fused-ring (bicyclic) bond motifs is 1. The molecular formula is C21H27N3O5S. The van der Waals surface area contributed by atoms with Crippen molar-refractivity contribution in [3.63, 3.8) is 0 Å². The van der Waals surface area contributed by atoms with Crippen LogP contribution in [0.5, 0.6) is 0 Å². The molecule has 1 unspecified atom stereocenters. The maximum atomic E-state index is 12.9. The molecule has 2 fully saturated rings. The number of nitrogens with one attached hydrogen (secondary N) is 1. The second kappa shape index (κ2) is 8.11. The summed E-state index contributed by atoms with van der Waals surface area (Å²) in [5.41, 5.74) is 0.930. The van der Waals surface area contributed by atoms with Crippen LogP contribution in [-0.2, 0) is 10.0 Å². The Hall–Kier alpha value is -2.26. The number of amides is 3. The summed E-state index contributed by atoms with van der Waals surface area (Å²) in [6, 6.07) is 4.25. The van der Waals surface area contributed by atoms with Crippen molar-refractivity contribution < 1.29 is 22.8 Å². The van der Waals surface area contributed by atoms with E-state index in [9.17, 15) is 22.8 Å². The van der Waals surface area contributed by atoms with Crippen molar-refractivity contribution in [3.05, 3.63) is 34.9 Å². The third-order valence-corrected chi connectivity index (χ3v) is 7.58.